The van der Waals surface area contributed by atoms with Crippen molar-refractivity contribution in [1.29, 1.82) is 0 Å². The molecule has 1 aromatic heterocycles. The molecule has 116 valence electrons. The molecule has 0 unspecified atom stereocenters. The largest absolute Gasteiger partial charge is 0.384 e. The third kappa shape index (κ3) is 4.07. The van der Waals surface area contributed by atoms with Crippen molar-refractivity contribution in [3.63, 3.8) is 0 Å². The zero-order chi connectivity index (χ0) is 15.9. The van der Waals surface area contributed by atoms with Crippen molar-refractivity contribution in [1.82, 2.24) is 4.98 Å². The molecule has 0 saturated carbocycles. The van der Waals surface area contributed by atoms with E-state index in [0.717, 1.165) is 41.9 Å². The third-order valence-electron chi connectivity index (χ3n) is 3.71. The first-order valence-corrected chi connectivity index (χ1v) is 7.68. The fourth-order valence-corrected chi connectivity index (χ4v) is 2.15. The van der Waals surface area contributed by atoms with E-state index in [0.29, 0.717) is 5.56 Å². The van der Waals surface area contributed by atoms with Gasteiger partial charge in [-0.15, -0.1) is 0 Å². The van der Waals surface area contributed by atoms with Gasteiger partial charge in [0, 0.05) is 24.6 Å². The molecule has 0 saturated heterocycles. The Morgan fingerprint density at radius 1 is 1.23 bits per heavy atom. The van der Waals surface area contributed by atoms with Crippen molar-refractivity contribution in [2.75, 3.05) is 17.2 Å². The second-order valence-corrected chi connectivity index (χ2v) is 5.44. The van der Waals surface area contributed by atoms with Crippen molar-refractivity contribution in [2.45, 2.75) is 33.6 Å². The molecule has 4 nitrogen and oxygen atoms in total. The molecule has 0 aliphatic rings. The van der Waals surface area contributed by atoms with Crippen LogP contribution in [0.5, 0.6) is 0 Å². The molecule has 4 heteroatoms. The molecule has 0 aliphatic carbocycles. The van der Waals surface area contributed by atoms with Crippen LogP contribution in [0.1, 0.15) is 41.3 Å². The minimum absolute atomic E-state index is 0.139. The predicted molar refractivity (Wildman–Crippen MR) is 91.5 cm³/mol. The number of pyridine rings is 1. The summed E-state index contributed by atoms with van der Waals surface area (Å²) in [6, 6.07) is 7.73. The van der Waals surface area contributed by atoms with E-state index in [-0.39, 0.29) is 5.91 Å². The van der Waals surface area contributed by atoms with Crippen molar-refractivity contribution >= 4 is 17.3 Å². The van der Waals surface area contributed by atoms with Crippen LogP contribution in [0.2, 0.25) is 0 Å². The number of aromatic nitrogens is 1. The molecule has 1 aromatic carbocycles. The number of amides is 1. The van der Waals surface area contributed by atoms with Gasteiger partial charge < -0.3 is 10.6 Å². The number of carbonyl (C=O) groups excluding carboxylic acids is 1. The van der Waals surface area contributed by atoms with Crippen LogP contribution in [-0.4, -0.2) is 17.4 Å². The Hall–Kier alpha value is -2.36. The van der Waals surface area contributed by atoms with Crippen LogP contribution in [0.15, 0.2) is 36.7 Å². The molecule has 1 amide bonds. The van der Waals surface area contributed by atoms with E-state index in [1.165, 1.54) is 0 Å². The fourth-order valence-electron chi connectivity index (χ4n) is 2.15. The number of aryl methyl sites for hydroxylation is 1. The summed E-state index contributed by atoms with van der Waals surface area (Å²) in [6.45, 7) is 7.07. The number of carbonyl (C=O) groups is 1. The molecular formula is C18H23N3O. The van der Waals surface area contributed by atoms with Gasteiger partial charge in [0.15, 0.2) is 0 Å². The summed E-state index contributed by atoms with van der Waals surface area (Å²) < 4.78 is 0. The summed E-state index contributed by atoms with van der Waals surface area (Å²) in [5, 5.41) is 6.24. The molecule has 0 atom stereocenters. The number of benzene rings is 1. The first-order valence-electron chi connectivity index (χ1n) is 7.68. The number of anilines is 2. The summed E-state index contributed by atoms with van der Waals surface area (Å²) in [5.41, 5.74) is 4.52. The lowest BCUT2D eigenvalue weighted by Gasteiger charge is -2.11. The Morgan fingerprint density at radius 3 is 2.82 bits per heavy atom. The summed E-state index contributed by atoms with van der Waals surface area (Å²) in [5.74, 6) is -0.139. The molecule has 2 N–H and O–H groups in total. The molecule has 0 spiro atoms. The van der Waals surface area contributed by atoms with Crippen LogP contribution >= 0.6 is 0 Å². The molecule has 2 aromatic rings. The third-order valence-corrected chi connectivity index (χ3v) is 3.71. The van der Waals surface area contributed by atoms with Gasteiger partial charge in [-0.3, -0.25) is 9.78 Å². The molecule has 0 aliphatic heterocycles. The first-order chi connectivity index (χ1) is 10.6. The summed E-state index contributed by atoms with van der Waals surface area (Å²) in [6.07, 6.45) is 5.56. The van der Waals surface area contributed by atoms with E-state index in [1.807, 2.05) is 38.1 Å². The van der Waals surface area contributed by atoms with E-state index in [4.69, 9.17) is 0 Å². The maximum atomic E-state index is 12.4. The van der Waals surface area contributed by atoms with Gasteiger partial charge >= 0.3 is 0 Å². The molecule has 0 radical (unpaired) electrons. The average molecular weight is 297 g/mol. The van der Waals surface area contributed by atoms with E-state index in [1.54, 1.807) is 12.4 Å². The lowest BCUT2D eigenvalue weighted by Crippen LogP contribution is -2.14. The number of nitrogens with one attached hydrogen (secondary N) is 2. The minimum Gasteiger partial charge on any atom is -0.384 e. The van der Waals surface area contributed by atoms with Crippen LogP contribution in [0.3, 0.4) is 0 Å². The number of hydrogen-bond donors (Lipinski definition) is 2. The van der Waals surface area contributed by atoms with E-state index < -0.39 is 0 Å². The van der Waals surface area contributed by atoms with Gasteiger partial charge in [-0.1, -0.05) is 25.5 Å². The highest BCUT2D eigenvalue weighted by molar-refractivity contribution is 6.05. The monoisotopic (exact) mass is 297 g/mol. The van der Waals surface area contributed by atoms with Crippen molar-refractivity contribution < 1.29 is 4.79 Å². The molecule has 1 heterocycles. The Labute approximate surface area is 132 Å². The summed E-state index contributed by atoms with van der Waals surface area (Å²) in [4.78, 5) is 16.5. The Balaban J connectivity index is 2.09. The lowest BCUT2D eigenvalue weighted by atomic mass is 10.1. The molecular weight excluding hydrogens is 274 g/mol. The fraction of sp³-hybridized carbons (Fsp3) is 0.333. The van der Waals surface area contributed by atoms with E-state index >= 15 is 0 Å². The van der Waals surface area contributed by atoms with Gasteiger partial charge in [0.25, 0.3) is 5.91 Å². The van der Waals surface area contributed by atoms with Crippen molar-refractivity contribution in [2.24, 2.45) is 0 Å². The lowest BCUT2D eigenvalue weighted by molar-refractivity contribution is 0.102. The van der Waals surface area contributed by atoms with Crippen LogP contribution < -0.4 is 10.6 Å². The Bertz CT molecular complexity index is 653. The van der Waals surface area contributed by atoms with E-state index in [9.17, 15) is 4.79 Å². The molecule has 22 heavy (non-hydrogen) atoms. The zero-order valence-electron chi connectivity index (χ0n) is 13.4. The molecule has 0 bridgehead atoms. The highest BCUT2D eigenvalue weighted by Gasteiger charge is 2.09. The van der Waals surface area contributed by atoms with Crippen LogP contribution in [0, 0.1) is 13.8 Å². The number of unbranched alkanes of at least 4 members (excludes halogenated alkanes) is 1. The average Bonchev–Trinajstić information content (AvgIpc) is 2.52. The number of nitrogens with zero attached hydrogens (tertiary/aromatic N) is 1. The van der Waals surface area contributed by atoms with Gasteiger partial charge in [-0.2, -0.15) is 0 Å². The molecule has 0 fully saturated rings. The van der Waals surface area contributed by atoms with Crippen LogP contribution in [0.4, 0.5) is 11.4 Å². The Morgan fingerprint density at radius 2 is 2.05 bits per heavy atom. The van der Waals surface area contributed by atoms with Gasteiger partial charge in [0.1, 0.15) is 0 Å². The van der Waals surface area contributed by atoms with Crippen LogP contribution in [-0.2, 0) is 0 Å². The second-order valence-electron chi connectivity index (χ2n) is 5.44. The summed E-state index contributed by atoms with van der Waals surface area (Å²) in [7, 11) is 0. The highest BCUT2D eigenvalue weighted by atomic mass is 16.1. The summed E-state index contributed by atoms with van der Waals surface area (Å²) >= 11 is 0. The topological polar surface area (TPSA) is 54.0 Å². The van der Waals surface area contributed by atoms with Gasteiger partial charge in [-0.25, -0.2) is 0 Å². The SMILES string of the molecule is CCCCNc1cncc(C(=O)Nc2cccc(C)c2C)c1. The Kier molecular flexibility index (Phi) is 5.53. The van der Waals surface area contributed by atoms with Gasteiger partial charge in [0.2, 0.25) is 0 Å². The second kappa shape index (κ2) is 7.59. The number of hydrogen-bond acceptors (Lipinski definition) is 3. The quantitative estimate of drug-likeness (QED) is 0.787. The zero-order valence-corrected chi connectivity index (χ0v) is 13.4. The normalized spacial score (nSPS) is 10.3. The standard InChI is InChI=1S/C18H23N3O/c1-4-5-9-20-16-10-15(11-19-12-16)18(22)21-17-8-6-7-13(2)14(17)3/h6-8,10-12,20H,4-5,9H2,1-3H3,(H,21,22). The highest BCUT2D eigenvalue weighted by Crippen LogP contribution is 2.19. The van der Waals surface area contributed by atoms with E-state index in [2.05, 4.69) is 22.5 Å². The van der Waals surface area contributed by atoms with Gasteiger partial charge in [-0.05, 0) is 43.5 Å². The first kappa shape index (κ1) is 16.0. The van der Waals surface area contributed by atoms with Crippen LogP contribution in [0.25, 0.3) is 0 Å². The minimum atomic E-state index is -0.139. The molecule has 2 rings (SSSR count). The maximum absolute atomic E-state index is 12.4. The van der Waals surface area contributed by atoms with Gasteiger partial charge in [0.05, 0.1) is 11.3 Å². The number of rotatable bonds is 6. The predicted octanol–water partition coefficient (Wildman–Crippen LogP) is 4.16. The smallest absolute Gasteiger partial charge is 0.257 e. The van der Waals surface area contributed by atoms with Crippen molar-refractivity contribution in [3.8, 4) is 0 Å². The maximum Gasteiger partial charge on any atom is 0.257 e. The van der Waals surface area contributed by atoms with Crippen molar-refractivity contribution in [3.05, 3.63) is 53.3 Å².